The molecule has 20 heavy (non-hydrogen) atoms. The molecule has 112 valence electrons. The van der Waals surface area contributed by atoms with E-state index in [9.17, 15) is 9.90 Å². The van der Waals surface area contributed by atoms with Crippen LogP contribution in [0.25, 0.3) is 0 Å². The molecule has 6 nitrogen and oxygen atoms in total. The van der Waals surface area contributed by atoms with Gasteiger partial charge in [-0.05, 0) is 33.8 Å². The predicted octanol–water partition coefficient (Wildman–Crippen LogP) is 1.60. The van der Waals surface area contributed by atoms with Gasteiger partial charge in [-0.2, -0.15) is 5.10 Å². The molecule has 1 aromatic rings. The summed E-state index contributed by atoms with van der Waals surface area (Å²) < 4.78 is 7.20. The van der Waals surface area contributed by atoms with Crippen molar-refractivity contribution in [1.82, 2.24) is 14.7 Å². The van der Waals surface area contributed by atoms with Gasteiger partial charge in [0.1, 0.15) is 5.60 Å². The maximum Gasteiger partial charge on any atom is 0.410 e. The lowest BCUT2D eigenvalue weighted by Crippen LogP contribution is -2.35. The number of amides is 1. The van der Waals surface area contributed by atoms with Gasteiger partial charge in [-0.3, -0.25) is 4.68 Å². The number of nitrogens with zero attached hydrogens (tertiary/aromatic N) is 3. The fraction of sp³-hybridized carbons (Fsp3) is 0.714. The van der Waals surface area contributed by atoms with Crippen molar-refractivity contribution in [3.63, 3.8) is 0 Å². The van der Waals surface area contributed by atoms with Crippen LogP contribution < -0.4 is 0 Å². The molecule has 1 fully saturated rings. The molecule has 1 amide bonds. The molecular weight excluding hydrogens is 258 g/mol. The molecule has 0 aliphatic carbocycles. The second-order valence-electron chi connectivity index (χ2n) is 6.13. The van der Waals surface area contributed by atoms with Gasteiger partial charge in [-0.15, -0.1) is 0 Å². The van der Waals surface area contributed by atoms with Crippen molar-refractivity contribution in [2.45, 2.75) is 51.9 Å². The van der Waals surface area contributed by atoms with Gasteiger partial charge in [0.2, 0.25) is 0 Å². The summed E-state index contributed by atoms with van der Waals surface area (Å²) in [4.78, 5) is 13.6. The van der Waals surface area contributed by atoms with Gasteiger partial charge in [0, 0.05) is 30.9 Å². The second-order valence-corrected chi connectivity index (χ2v) is 6.13. The van der Waals surface area contributed by atoms with E-state index in [2.05, 4.69) is 5.10 Å². The maximum atomic E-state index is 12.0. The fourth-order valence-electron chi connectivity index (χ4n) is 2.47. The minimum absolute atomic E-state index is 0.107. The third-order valence-corrected chi connectivity index (χ3v) is 3.37. The number of aliphatic hydroxyl groups excluding tert-OH is 1. The molecule has 1 aliphatic heterocycles. The third kappa shape index (κ3) is 3.12. The van der Waals surface area contributed by atoms with Crippen LogP contribution in [0.15, 0.2) is 12.3 Å². The minimum atomic E-state index is -0.579. The van der Waals surface area contributed by atoms with E-state index in [1.165, 1.54) is 0 Å². The van der Waals surface area contributed by atoms with Crippen LogP contribution in [-0.4, -0.2) is 50.7 Å². The van der Waals surface area contributed by atoms with Gasteiger partial charge in [0.05, 0.1) is 12.6 Å². The molecule has 1 aliphatic rings. The van der Waals surface area contributed by atoms with Crippen molar-refractivity contribution in [3.8, 4) is 0 Å². The van der Waals surface area contributed by atoms with Crippen molar-refractivity contribution in [1.29, 1.82) is 0 Å². The van der Waals surface area contributed by atoms with Crippen LogP contribution in [0.5, 0.6) is 0 Å². The number of likely N-dealkylation sites (tertiary alicyclic amines) is 1. The lowest BCUT2D eigenvalue weighted by Gasteiger charge is -2.24. The smallest absolute Gasteiger partial charge is 0.410 e. The summed E-state index contributed by atoms with van der Waals surface area (Å²) in [5.41, 5.74) is 0.441. The maximum absolute atomic E-state index is 12.0. The highest BCUT2D eigenvalue weighted by atomic mass is 16.6. The van der Waals surface area contributed by atoms with Gasteiger partial charge in [0.15, 0.2) is 0 Å². The van der Waals surface area contributed by atoms with E-state index in [-0.39, 0.29) is 12.0 Å². The Morgan fingerprint density at radius 3 is 2.80 bits per heavy atom. The number of aliphatic hydroxyl groups is 1. The van der Waals surface area contributed by atoms with E-state index in [1.807, 2.05) is 38.4 Å². The van der Waals surface area contributed by atoms with Crippen molar-refractivity contribution >= 4 is 6.09 Å². The lowest BCUT2D eigenvalue weighted by atomic mass is 10.0. The zero-order chi connectivity index (χ0) is 14.9. The minimum Gasteiger partial charge on any atom is -0.444 e. The van der Waals surface area contributed by atoms with Crippen LogP contribution in [0.4, 0.5) is 4.79 Å². The Hall–Kier alpha value is -1.56. The number of rotatable bonds is 2. The molecule has 0 spiro atoms. The van der Waals surface area contributed by atoms with E-state index in [0.717, 1.165) is 12.2 Å². The summed E-state index contributed by atoms with van der Waals surface area (Å²) >= 11 is 0. The van der Waals surface area contributed by atoms with E-state index in [1.54, 1.807) is 11.1 Å². The van der Waals surface area contributed by atoms with E-state index >= 15 is 0 Å². The average molecular weight is 281 g/mol. The molecule has 0 aromatic carbocycles. The number of β-amino-alcohol motifs (C(OH)–C–C–N with tert-alkyl or cyclic N) is 1. The number of hydrogen-bond acceptors (Lipinski definition) is 4. The van der Waals surface area contributed by atoms with Crippen molar-refractivity contribution in [2.24, 2.45) is 0 Å². The number of carbonyl (C=O) groups excluding carboxylic acids is 1. The number of hydrogen-bond donors (Lipinski definition) is 1. The van der Waals surface area contributed by atoms with Gasteiger partial charge in [-0.1, -0.05) is 0 Å². The summed E-state index contributed by atoms with van der Waals surface area (Å²) in [6.45, 7) is 9.01. The molecule has 1 N–H and O–H groups in total. The molecule has 2 unspecified atom stereocenters. The highest BCUT2D eigenvalue weighted by molar-refractivity contribution is 5.68. The summed E-state index contributed by atoms with van der Waals surface area (Å²) in [6, 6.07) is 1.90. The zero-order valence-electron chi connectivity index (χ0n) is 12.5. The predicted molar refractivity (Wildman–Crippen MR) is 74.5 cm³/mol. The van der Waals surface area contributed by atoms with Gasteiger partial charge >= 0.3 is 6.09 Å². The SMILES string of the molecule is CCn1nccc1C1CN(C(=O)OC(C)(C)C)CC1O. The van der Waals surface area contributed by atoms with Crippen molar-refractivity contribution < 1.29 is 14.6 Å². The van der Waals surface area contributed by atoms with Gasteiger partial charge in [0.25, 0.3) is 0 Å². The molecule has 0 bridgehead atoms. The van der Waals surface area contributed by atoms with E-state index in [0.29, 0.717) is 13.1 Å². The van der Waals surface area contributed by atoms with Crippen LogP contribution in [0.3, 0.4) is 0 Å². The highest BCUT2D eigenvalue weighted by Crippen LogP contribution is 2.28. The lowest BCUT2D eigenvalue weighted by molar-refractivity contribution is 0.0270. The third-order valence-electron chi connectivity index (χ3n) is 3.37. The molecule has 2 heterocycles. The molecule has 2 atom stereocenters. The summed E-state index contributed by atoms with van der Waals surface area (Å²) in [5.74, 6) is -0.107. The van der Waals surface area contributed by atoms with Crippen molar-refractivity contribution in [2.75, 3.05) is 13.1 Å². The number of aryl methyl sites for hydroxylation is 1. The topological polar surface area (TPSA) is 67.6 Å². The summed E-state index contributed by atoms with van der Waals surface area (Å²) in [7, 11) is 0. The molecular formula is C14H23N3O3. The van der Waals surface area contributed by atoms with Crippen molar-refractivity contribution in [3.05, 3.63) is 18.0 Å². The first kappa shape index (κ1) is 14.8. The second kappa shape index (κ2) is 5.44. The Bertz CT molecular complexity index is 478. The molecule has 1 aromatic heterocycles. The zero-order valence-corrected chi connectivity index (χ0v) is 12.5. The normalized spacial score (nSPS) is 23.1. The van der Waals surface area contributed by atoms with E-state index < -0.39 is 11.7 Å². The largest absolute Gasteiger partial charge is 0.444 e. The molecule has 6 heteroatoms. The number of aromatic nitrogens is 2. The molecule has 1 saturated heterocycles. The van der Waals surface area contributed by atoms with Gasteiger partial charge in [-0.25, -0.2) is 4.79 Å². The first-order valence-electron chi connectivity index (χ1n) is 6.99. The quantitative estimate of drug-likeness (QED) is 0.894. The Morgan fingerprint density at radius 1 is 1.50 bits per heavy atom. The summed E-state index contributed by atoms with van der Waals surface area (Å²) in [5, 5.41) is 14.4. The first-order valence-corrected chi connectivity index (χ1v) is 6.99. The van der Waals surface area contributed by atoms with Crippen LogP contribution in [-0.2, 0) is 11.3 Å². The Balaban J connectivity index is 2.08. The Kier molecular flexibility index (Phi) is 4.04. The van der Waals surface area contributed by atoms with Crippen LogP contribution in [0.1, 0.15) is 39.3 Å². The fourth-order valence-corrected chi connectivity index (χ4v) is 2.47. The van der Waals surface area contributed by atoms with Gasteiger partial charge < -0.3 is 14.7 Å². The number of carbonyl (C=O) groups is 1. The Morgan fingerprint density at radius 2 is 2.20 bits per heavy atom. The molecule has 0 radical (unpaired) electrons. The summed E-state index contributed by atoms with van der Waals surface area (Å²) in [6.07, 6.45) is 0.771. The van der Waals surface area contributed by atoms with Crippen LogP contribution >= 0.6 is 0 Å². The molecule has 0 saturated carbocycles. The monoisotopic (exact) mass is 281 g/mol. The first-order chi connectivity index (χ1) is 9.31. The molecule has 2 rings (SSSR count). The highest BCUT2D eigenvalue weighted by Gasteiger charge is 2.38. The van der Waals surface area contributed by atoms with E-state index in [4.69, 9.17) is 4.74 Å². The Labute approximate surface area is 119 Å². The average Bonchev–Trinajstić information content (AvgIpc) is 2.92. The van der Waals surface area contributed by atoms with Crippen LogP contribution in [0.2, 0.25) is 0 Å². The van der Waals surface area contributed by atoms with Crippen LogP contribution in [0, 0.1) is 0 Å². The standard InChI is InChI=1S/C14H23N3O3/c1-5-17-11(6-7-15-17)10-8-16(9-12(10)18)13(19)20-14(2,3)4/h6-7,10,12,18H,5,8-9H2,1-4H3. The number of ether oxygens (including phenoxy) is 1.